The van der Waals surface area contributed by atoms with Crippen LogP contribution in [0.2, 0.25) is 0 Å². The number of nitrogens with two attached hydrogens (primary N) is 2. The van der Waals surface area contributed by atoms with Crippen LogP contribution in [0.25, 0.3) is 0 Å². The summed E-state index contributed by atoms with van der Waals surface area (Å²) >= 11 is -2.06. The molecule has 0 heterocycles. The predicted molar refractivity (Wildman–Crippen MR) is 49.0 cm³/mol. The molecule has 5 N–H and O–H groups in total. The molecular formula is C7H10N2O2S. The van der Waals surface area contributed by atoms with Crippen molar-refractivity contribution in [2.75, 3.05) is 11.5 Å². The van der Waals surface area contributed by atoms with Crippen molar-refractivity contribution in [1.82, 2.24) is 0 Å². The van der Waals surface area contributed by atoms with E-state index in [1.807, 2.05) is 0 Å². The molecule has 0 aromatic heterocycles. The normalized spacial score (nSPS) is 12.8. The highest BCUT2D eigenvalue weighted by Crippen LogP contribution is 2.22. The lowest BCUT2D eigenvalue weighted by molar-refractivity contribution is 0.565. The van der Waals surface area contributed by atoms with E-state index in [1.165, 1.54) is 6.07 Å². The molecule has 0 spiro atoms. The molecule has 0 aliphatic rings. The van der Waals surface area contributed by atoms with Gasteiger partial charge < -0.3 is 16.0 Å². The van der Waals surface area contributed by atoms with Crippen LogP contribution >= 0.6 is 0 Å². The van der Waals surface area contributed by atoms with E-state index in [1.54, 1.807) is 13.0 Å². The van der Waals surface area contributed by atoms with Crippen LogP contribution in [0.1, 0.15) is 5.56 Å². The number of hydrogen-bond acceptors (Lipinski definition) is 3. The Morgan fingerprint density at radius 2 is 1.92 bits per heavy atom. The quantitative estimate of drug-likeness (QED) is 0.445. The average Bonchev–Trinajstić information content (AvgIpc) is 1.96. The Labute approximate surface area is 72.9 Å². The van der Waals surface area contributed by atoms with Crippen molar-refractivity contribution in [3.05, 3.63) is 17.7 Å². The van der Waals surface area contributed by atoms with Gasteiger partial charge in [-0.25, -0.2) is 4.21 Å². The summed E-state index contributed by atoms with van der Waals surface area (Å²) in [7, 11) is 0. The number of rotatable bonds is 1. The molecule has 0 aliphatic carbocycles. The van der Waals surface area contributed by atoms with E-state index >= 15 is 0 Å². The molecule has 1 aromatic carbocycles. The lowest BCUT2D eigenvalue weighted by Gasteiger charge is -2.05. The fourth-order valence-electron chi connectivity index (χ4n) is 0.877. The molecule has 0 fully saturated rings. The van der Waals surface area contributed by atoms with Crippen LogP contribution in [0.15, 0.2) is 17.0 Å². The van der Waals surface area contributed by atoms with Crippen LogP contribution in [0.4, 0.5) is 11.4 Å². The minimum atomic E-state index is -2.06. The molecule has 1 rings (SSSR count). The second kappa shape index (κ2) is 3.12. The fraction of sp³-hybridized carbons (Fsp3) is 0.143. The first kappa shape index (κ1) is 9.02. The Kier molecular flexibility index (Phi) is 2.35. The third-order valence-corrected chi connectivity index (χ3v) is 2.32. The number of aryl methyl sites for hydroxylation is 1. The zero-order chi connectivity index (χ0) is 9.30. The van der Waals surface area contributed by atoms with Gasteiger partial charge in [0.15, 0.2) is 11.1 Å². The smallest absolute Gasteiger partial charge is 0.188 e. The van der Waals surface area contributed by atoms with Crippen LogP contribution in [-0.2, 0) is 11.1 Å². The second-order valence-electron chi connectivity index (χ2n) is 2.50. The number of anilines is 2. The molecular weight excluding hydrogens is 176 g/mol. The van der Waals surface area contributed by atoms with Crippen LogP contribution in [0.3, 0.4) is 0 Å². The summed E-state index contributed by atoms with van der Waals surface area (Å²) in [5.74, 6) is 0. The van der Waals surface area contributed by atoms with E-state index in [-0.39, 0.29) is 4.90 Å². The summed E-state index contributed by atoms with van der Waals surface area (Å²) in [4.78, 5) is 0.165. The highest BCUT2D eigenvalue weighted by atomic mass is 32.2. The van der Waals surface area contributed by atoms with Gasteiger partial charge in [0.2, 0.25) is 0 Å². The topological polar surface area (TPSA) is 89.3 Å². The average molecular weight is 186 g/mol. The Morgan fingerprint density at radius 3 is 2.42 bits per heavy atom. The second-order valence-corrected chi connectivity index (χ2v) is 3.43. The van der Waals surface area contributed by atoms with Gasteiger partial charge in [0.05, 0.1) is 10.6 Å². The van der Waals surface area contributed by atoms with Gasteiger partial charge in [-0.1, -0.05) is 0 Å². The fourth-order valence-corrected chi connectivity index (χ4v) is 1.37. The molecule has 0 saturated heterocycles. The molecule has 5 heteroatoms. The Bertz CT molecular complexity index is 338. The van der Waals surface area contributed by atoms with Gasteiger partial charge in [0.25, 0.3) is 0 Å². The number of nitrogen functional groups attached to an aromatic ring is 2. The van der Waals surface area contributed by atoms with Crippen molar-refractivity contribution in [2.24, 2.45) is 0 Å². The molecule has 66 valence electrons. The first-order valence-corrected chi connectivity index (χ1v) is 4.39. The minimum absolute atomic E-state index is 0.165. The highest BCUT2D eigenvalue weighted by Gasteiger charge is 2.07. The first-order chi connectivity index (χ1) is 5.52. The van der Waals surface area contributed by atoms with Crippen molar-refractivity contribution in [2.45, 2.75) is 11.8 Å². The van der Waals surface area contributed by atoms with Gasteiger partial charge in [-0.05, 0) is 24.6 Å². The number of hydrogen-bond donors (Lipinski definition) is 3. The summed E-state index contributed by atoms with van der Waals surface area (Å²) < 4.78 is 19.4. The molecule has 0 bridgehead atoms. The first-order valence-electron chi connectivity index (χ1n) is 3.29. The zero-order valence-electron chi connectivity index (χ0n) is 6.57. The molecule has 1 aromatic rings. The number of benzene rings is 1. The van der Waals surface area contributed by atoms with Crippen molar-refractivity contribution < 1.29 is 8.76 Å². The van der Waals surface area contributed by atoms with Gasteiger partial charge in [0, 0.05) is 5.69 Å². The van der Waals surface area contributed by atoms with Gasteiger partial charge in [0.1, 0.15) is 0 Å². The standard InChI is InChI=1S/C7H10N2O2S/c1-4-2-6(9)7(12(10)11)3-5(4)8/h2-3H,8-9H2,1H3,(H,10,11). The SMILES string of the molecule is Cc1cc(N)c(S(=O)O)cc1N. The molecule has 1 atom stereocenters. The van der Waals surface area contributed by atoms with E-state index in [9.17, 15) is 4.21 Å². The lowest BCUT2D eigenvalue weighted by atomic mass is 10.2. The van der Waals surface area contributed by atoms with E-state index in [4.69, 9.17) is 16.0 Å². The summed E-state index contributed by atoms with van der Waals surface area (Å²) in [6.45, 7) is 1.79. The maximum atomic E-state index is 10.7. The maximum Gasteiger partial charge on any atom is 0.188 e. The van der Waals surface area contributed by atoms with Gasteiger partial charge in [-0.15, -0.1) is 0 Å². The van der Waals surface area contributed by atoms with Crippen LogP contribution < -0.4 is 11.5 Å². The monoisotopic (exact) mass is 186 g/mol. The Hall–Kier alpha value is -1.07. The summed E-state index contributed by atoms with van der Waals surface area (Å²) in [6, 6.07) is 3.00. The van der Waals surface area contributed by atoms with Gasteiger partial charge in [-0.2, -0.15) is 0 Å². The molecule has 0 saturated carbocycles. The zero-order valence-corrected chi connectivity index (χ0v) is 7.39. The summed E-state index contributed by atoms with van der Waals surface area (Å²) in [5, 5.41) is 0. The third kappa shape index (κ3) is 1.57. The molecule has 4 nitrogen and oxygen atoms in total. The molecule has 0 radical (unpaired) electrons. The predicted octanol–water partition coefficient (Wildman–Crippen LogP) is 0.740. The summed E-state index contributed by atoms with van der Waals surface area (Å²) in [6.07, 6.45) is 0. The largest absolute Gasteiger partial charge is 0.398 e. The van der Waals surface area contributed by atoms with Crippen LogP contribution in [0, 0.1) is 6.92 Å². The van der Waals surface area contributed by atoms with Crippen LogP contribution in [-0.4, -0.2) is 8.76 Å². The van der Waals surface area contributed by atoms with E-state index in [0.717, 1.165) is 5.56 Å². The van der Waals surface area contributed by atoms with Crippen LogP contribution in [0.5, 0.6) is 0 Å². The van der Waals surface area contributed by atoms with E-state index in [0.29, 0.717) is 11.4 Å². The van der Waals surface area contributed by atoms with Gasteiger partial charge >= 0.3 is 0 Å². The molecule has 0 amide bonds. The molecule has 0 aliphatic heterocycles. The van der Waals surface area contributed by atoms with Crippen molar-refractivity contribution in [3.8, 4) is 0 Å². The summed E-state index contributed by atoms with van der Waals surface area (Å²) in [5.41, 5.74) is 12.6. The van der Waals surface area contributed by atoms with E-state index < -0.39 is 11.1 Å². The molecule has 12 heavy (non-hydrogen) atoms. The van der Waals surface area contributed by atoms with Crippen molar-refractivity contribution >= 4 is 22.5 Å². The lowest BCUT2D eigenvalue weighted by Crippen LogP contribution is -2.00. The van der Waals surface area contributed by atoms with Crippen molar-refractivity contribution in [3.63, 3.8) is 0 Å². The molecule has 1 unspecified atom stereocenters. The van der Waals surface area contributed by atoms with Gasteiger partial charge in [-0.3, -0.25) is 0 Å². The van der Waals surface area contributed by atoms with Crippen molar-refractivity contribution in [1.29, 1.82) is 0 Å². The minimum Gasteiger partial charge on any atom is -0.398 e. The highest BCUT2D eigenvalue weighted by molar-refractivity contribution is 7.79. The third-order valence-electron chi connectivity index (χ3n) is 1.59. The maximum absolute atomic E-state index is 10.7. The Morgan fingerprint density at radius 1 is 1.33 bits per heavy atom. The van der Waals surface area contributed by atoms with E-state index in [2.05, 4.69) is 0 Å². The Balaban J connectivity index is 3.33.